The molecular weight excluding hydrogens is 283 g/mol. The van der Waals surface area contributed by atoms with Gasteiger partial charge in [-0.2, -0.15) is 26.0 Å². The summed E-state index contributed by atoms with van der Waals surface area (Å²) in [7, 11) is -5.81. The number of allylic oxidation sites excluding steroid dienone is 1. The van der Waals surface area contributed by atoms with Crippen LogP contribution in [0.2, 0.25) is 0 Å². The van der Waals surface area contributed by atoms with Gasteiger partial charge >= 0.3 is 15.5 Å². The van der Waals surface area contributed by atoms with E-state index in [1.165, 1.54) is 24.3 Å². The van der Waals surface area contributed by atoms with Crippen molar-refractivity contribution in [3.05, 3.63) is 42.0 Å². The third-order valence-electron chi connectivity index (χ3n) is 2.12. The molecule has 0 unspecified atom stereocenters. The zero-order valence-electron chi connectivity index (χ0n) is 9.73. The van der Waals surface area contributed by atoms with Gasteiger partial charge in [0.25, 0.3) is 0 Å². The van der Waals surface area contributed by atoms with Crippen LogP contribution in [-0.4, -0.2) is 19.8 Å². The van der Waals surface area contributed by atoms with Gasteiger partial charge in [-0.25, -0.2) is 0 Å². The summed E-state index contributed by atoms with van der Waals surface area (Å²) in [6.07, 6.45) is 0. The van der Waals surface area contributed by atoms with Crippen LogP contribution < -0.4 is 5.11 Å². The van der Waals surface area contributed by atoms with Crippen molar-refractivity contribution in [3.8, 4) is 0 Å². The molecule has 0 aliphatic heterocycles. The predicted octanol–water partition coefficient (Wildman–Crippen LogP) is 1.68. The molecule has 8 heteroatoms. The van der Waals surface area contributed by atoms with Crippen molar-refractivity contribution in [2.75, 3.05) is 0 Å². The summed E-state index contributed by atoms with van der Waals surface area (Å²) in [6, 6.07) is 5.24. The summed E-state index contributed by atoms with van der Waals surface area (Å²) in [5.74, 6) is -1.47. The van der Waals surface area contributed by atoms with Crippen molar-refractivity contribution in [1.29, 1.82) is 0 Å². The van der Waals surface area contributed by atoms with Crippen LogP contribution in [0.5, 0.6) is 0 Å². The lowest BCUT2D eigenvalue weighted by molar-refractivity contribution is -0.212. The Morgan fingerprint density at radius 1 is 1.21 bits per heavy atom. The fourth-order valence-corrected chi connectivity index (χ4v) is 1.54. The maximum Gasteiger partial charge on any atom is 0.518 e. The van der Waals surface area contributed by atoms with Crippen molar-refractivity contribution < 1.29 is 26.7 Å². The van der Waals surface area contributed by atoms with Crippen LogP contribution in [0.25, 0.3) is 5.57 Å². The van der Waals surface area contributed by atoms with Gasteiger partial charge in [0.2, 0.25) is 0 Å². The zero-order valence-corrected chi connectivity index (χ0v) is 10.5. The van der Waals surface area contributed by atoms with Gasteiger partial charge in [-0.05, 0) is 18.1 Å². The largest absolute Gasteiger partial charge is 0.858 e. The van der Waals surface area contributed by atoms with Gasteiger partial charge < -0.3 is 5.11 Å². The molecule has 4 nitrogen and oxygen atoms in total. The second kappa shape index (κ2) is 5.04. The molecule has 0 aliphatic carbocycles. The topological polar surface area (TPSA) is 69.6 Å². The first kappa shape index (κ1) is 15.2. The van der Waals surface area contributed by atoms with Crippen LogP contribution in [0.4, 0.5) is 13.2 Å². The van der Waals surface area contributed by atoms with Gasteiger partial charge in [0.05, 0.1) is 0 Å². The molecule has 0 radical (unpaired) electrons. The van der Waals surface area contributed by atoms with E-state index in [0.717, 1.165) is 0 Å². The van der Waals surface area contributed by atoms with Crippen LogP contribution in [0.1, 0.15) is 18.1 Å². The molecule has 0 aromatic heterocycles. The Morgan fingerprint density at radius 2 is 1.63 bits per heavy atom. The van der Waals surface area contributed by atoms with Crippen molar-refractivity contribution in [3.63, 3.8) is 0 Å². The first-order valence-corrected chi connectivity index (χ1v) is 6.33. The summed E-state index contributed by atoms with van der Waals surface area (Å²) in [5, 5.41) is 11.3. The Balaban J connectivity index is 3.14. The highest BCUT2D eigenvalue weighted by Crippen LogP contribution is 2.25. The summed E-state index contributed by atoms with van der Waals surface area (Å²) >= 11 is 0. The second-order valence-electron chi connectivity index (χ2n) is 3.67. The summed E-state index contributed by atoms with van der Waals surface area (Å²) in [5.41, 5.74) is -4.47. The van der Waals surface area contributed by atoms with E-state index in [1.54, 1.807) is 6.92 Å². The van der Waals surface area contributed by atoms with Gasteiger partial charge in [0.15, 0.2) is 0 Å². The molecule has 1 aromatic rings. The summed E-state index contributed by atoms with van der Waals surface area (Å²) in [4.78, 5) is 0. The SMILES string of the molecule is C=C(C)c1ccc(/C([O-])=N/S(=O)(=O)C(F)(F)F)cc1. The summed E-state index contributed by atoms with van der Waals surface area (Å²) < 4.78 is 59.7. The Hall–Kier alpha value is -1.83. The zero-order chi connectivity index (χ0) is 14.8. The van der Waals surface area contributed by atoms with Crippen molar-refractivity contribution in [1.82, 2.24) is 0 Å². The minimum atomic E-state index is -5.81. The van der Waals surface area contributed by atoms with Crippen molar-refractivity contribution in [2.45, 2.75) is 12.4 Å². The van der Waals surface area contributed by atoms with Crippen molar-refractivity contribution >= 4 is 21.5 Å². The molecule has 0 heterocycles. The number of halogens is 3. The molecular formula is C11H9F3NO3S-. The van der Waals surface area contributed by atoms with Gasteiger partial charge in [-0.1, -0.05) is 36.4 Å². The Kier molecular flexibility index (Phi) is 4.04. The molecule has 0 saturated carbocycles. The summed E-state index contributed by atoms with van der Waals surface area (Å²) in [6.45, 7) is 5.34. The highest BCUT2D eigenvalue weighted by molar-refractivity contribution is 7.91. The Morgan fingerprint density at radius 3 is 2.00 bits per heavy atom. The monoisotopic (exact) mass is 292 g/mol. The molecule has 0 amide bonds. The number of sulfonamides is 1. The molecule has 0 N–H and O–H groups in total. The van der Waals surface area contributed by atoms with Gasteiger partial charge in [0.1, 0.15) is 0 Å². The lowest BCUT2D eigenvalue weighted by Crippen LogP contribution is -2.27. The lowest BCUT2D eigenvalue weighted by Gasteiger charge is -2.12. The Bertz CT molecular complexity index is 616. The molecule has 0 fully saturated rings. The van der Waals surface area contributed by atoms with Crippen LogP contribution in [-0.2, 0) is 10.0 Å². The number of benzene rings is 1. The maximum atomic E-state index is 12.0. The maximum absolute atomic E-state index is 12.0. The predicted molar refractivity (Wildman–Crippen MR) is 62.7 cm³/mol. The number of hydrogen-bond acceptors (Lipinski definition) is 3. The van der Waals surface area contributed by atoms with Crippen LogP contribution in [0.3, 0.4) is 0 Å². The standard InChI is InChI=1S/C11H10F3NO3S/c1-7(2)8-3-5-9(6-4-8)10(16)15-19(17,18)11(12,13)14/h3-6H,1H2,2H3,(H,15,16)/p-1. The number of nitrogens with zero attached hydrogens (tertiary/aromatic N) is 1. The number of rotatable bonds is 3. The number of hydrogen-bond donors (Lipinski definition) is 0. The molecule has 0 spiro atoms. The van der Waals surface area contributed by atoms with E-state index in [4.69, 9.17) is 0 Å². The van der Waals surface area contributed by atoms with Crippen LogP contribution in [0, 0.1) is 0 Å². The highest BCUT2D eigenvalue weighted by atomic mass is 32.2. The molecule has 0 aliphatic rings. The Labute approximate surface area is 108 Å². The fourth-order valence-electron chi connectivity index (χ4n) is 1.11. The lowest BCUT2D eigenvalue weighted by atomic mass is 10.1. The van der Waals surface area contributed by atoms with E-state index >= 15 is 0 Å². The molecule has 19 heavy (non-hydrogen) atoms. The van der Waals surface area contributed by atoms with Gasteiger partial charge in [0, 0.05) is 5.90 Å². The minimum absolute atomic E-state index is 0.252. The van der Waals surface area contributed by atoms with Crippen molar-refractivity contribution in [2.24, 2.45) is 4.40 Å². The minimum Gasteiger partial charge on any atom is -0.858 e. The molecule has 104 valence electrons. The molecule has 0 bridgehead atoms. The third-order valence-corrected chi connectivity index (χ3v) is 3.11. The fraction of sp³-hybridized carbons (Fsp3) is 0.182. The van der Waals surface area contributed by atoms with E-state index in [9.17, 15) is 26.7 Å². The quantitative estimate of drug-likeness (QED) is 0.628. The molecule has 0 atom stereocenters. The molecule has 0 saturated heterocycles. The van der Waals surface area contributed by atoms with Gasteiger partial charge in [-0.3, -0.25) is 0 Å². The van der Waals surface area contributed by atoms with E-state index in [-0.39, 0.29) is 5.56 Å². The highest BCUT2D eigenvalue weighted by Gasteiger charge is 2.45. The average molecular weight is 292 g/mol. The first-order valence-electron chi connectivity index (χ1n) is 4.89. The molecule has 1 rings (SSSR count). The third kappa shape index (κ3) is 3.57. The van der Waals surface area contributed by atoms with Gasteiger partial charge in [-0.15, -0.1) is 0 Å². The van der Waals surface area contributed by atoms with E-state index in [2.05, 4.69) is 11.0 Å². The van der Waals surface area contributed by atoms with Crippen LogP contribution >= 0.6 is 0 Å². The van der Waals surface area contributed by atoms with Crippen LogP contribution in [0.15, 0.2) is 35.2 Å². The van der Waals surface area contributed by atoms with E-state index < -0.39 is 21.4 Å². The smallest absolute Gasteiger partial charge is 0.518 e. The number of alkyl halides is 3. The average Bonchev–Trinajstić information content (AvgIpc) is 2.27. The molecule has 1 aromatic carbocycles. The normalized spacial score (nSPS) is 13.4. The van der Waals surface area contributed by atoms with E-state index in [0.29, 0.717) is 11.1 Å². The second-order valence-corrected chi connectivity index (χ2v) is 5.27. The first-order chi connectivity index (χ1) is 8.54. The van der Waals surface area contributed by atoms with E-state index in [1.807, 2.05) is 0 Å².